The number of carbonyl (C=O) groups excluding carboxylic acids is 3. The Balaban J connectivity index is 5.96. The molecule has 0 saturated heterocycles. The third-order valence-corrected chi connectivity index (χ3v) is 10.4. The van der Waals surface area contributed by atoms with Gasteiger partial charge in [0.1, 0.15) is 0 Å². The summed E-state index contributed by atoms with van der Waals surface area (Å²) in [5, 5.41) is 0. The first-order valence-electron chi connectivity index (χ1n) is 9.15. The number of hydrogen-bond donors (Lipinski definition) is 0. The maximum atomic E-state index is 12.6. The van der Waals surface area contributed by atoms with E-state index in [1.165, 1.54) is 0 Å². The van der Waals surface area contributed by atoms with Gasteiger partial charge < -0.3 is 0 Å². The molecule has 0 rings (SSSR count). The van der Waals surface area contributed by atoms with Crippen molar-refractivity contribution in [3.63, 3.8) is 0 Å². The first-order chi connectivity index (χ1) is 11.4. The van der Waals surface area contributed by atoms with Crippen LogP contribution in [0, 0.1) is 16.2 Å². The standard InChI is InChI=1S/3C5H10O2.C4H9.Sn/c3*1-5(2,3)4(6)7;1-3-4-2;/h3*1-3H3,(H,6,7);1,3-4H2,2H3;/q;;;;+3/p-3. The van der Waals surface area contributed by atoms with E-state index < -0.39 is 53.8 Å². The van der Waals surface area contributed by atoms with Crippen molar-refractivity contribution in [3.8, 4) is 0 Å². The Morgan fingerprint density at radius 3 is 1.12 bits per heavy atom. The van der Waals surface area contributed by atoms with Crippen LogP contribution < -0.4 is 0 Å². The van der Waals surface area contributed by atoms with E-state index in [9.17, 15) is 14.4 Å². The third-order valence-electron chi connectivity index (χ3n) is 3.42. The topological polar surface area (TPSA) is 78.9 Å². The molecule has 0 amide bonds. The third kappa shape index (κ3) is 8.27. The second-order valence-electron chi connectivity index (χ2n) is 9.71. The molecule has 0 spiro atoms. The van der Waals surface area contributed by atoms with E-state index in [1.807, 2.05) is 6.92 Å². The van der Waals surface area contributed by atoms with E-state index in [0.717, 1.165) is 6.42 Å². The summed E-state index contributed by atoms with van der Waals surface area (Å²) in [5.74, 6) is -1.56. The molecule has 26 heavy (non-hydrogen) atoms. The van der Waals surface area contributed by atoms with Crippen LogP contribution in [0.5, 0.6) is 0 Å². The van der Waals surface area contributed by atoms with Crippen molar-refractivity contribution in [3.05, 3.63) is 0 Å². The zero-order valence-electron chi connectivity index (χ0n) is 18.1. The van der Waals surface area contributed by atoms with Crippen LogP contribution in [0.25, 0.3) is 0 Å². The van der Waals surface area contributed by atoms with Gasteiger partial charge in [0.25, 0.3) is 0 Å². The van der Waals surface area contributed by atoms with Gasteiger partial charge in [0, 0.05) is 0 Å². The molecule has 0 radical (unpaired) electrons. The summed E-state index contributed by atoms with van der Waals surface area (Å²) in [6.07, 6.45) is 1.44. The Bertz CT molecular complexity index is 450. The summed E-state index contributed by atoms with van der Waals surface area (Å²) >= 11 is -4.82. The molecule has 0 aliphatic carbocycles. The van der Waals surface area contributed by atoms with Crippen LogP contribution in [-0.2, 0) is 23.6 Å². The summed E-state index contributed by atoms with van der Waals surface area (Å²) in [6, 6.07) is 0. The summed E-state index contributed by atoms with van der Waals surface area (Å²) in [7, 11) is 0. The van der Waals surface area contributed by atoms with E-state index in [1.54, 1.807) is 62.3 Å². The molecule has 0 heterocycles. The molecule has 0 saturated carbocycles. The summed E-state index contributed by atoms with van der Waals surface area (Å²) < 4.78 is 17.5. The molecule has 0 unspecified atom stereocenters. The van der Waals surface area contributed by atoms with Crippen molar-refractivity contribution in [2.45, 2.75) is 86.5 Å². The van der Waals surface area contributed by atoms with Gasteiger partial charge in [-0.15, -0.1) is 0 Å². The van der Waals surface area contributed by atoms with Gasteiger partial charge in [0.2, 0.25) is 0 Å². The van der Waals surface area contributed by atoms with Gasteiger partial charge in [-0.1, -0.05) is 0 Å². The number of hydrogen-bond acceptors (Lipinski definition) is 6. The average Bonchev–Trinajstić information content (AvgIpc) is 2.41. The van der Waals surface area contributed by atoms with Crippen molar-refractivity contribution >= 4 is 37.5 Å². The molecule has 0 N–H and O–H groups in total. The molecule has 0 aliphatic rings. The zero-order valence-corrected chi connectivity index (χ0v) is 20.9. The predicted molar refractivity (Wildman–Crippen MR) is 102 cm³/mol. The van der Waals surface area contributed by atoms with Crippen LogP contribution in [0.4, 0.5) is 0 Å². The van der Waals surface area contributed by atoms with Crippen LogP contribution >= 0.6 is 0 Å². The predicted octanol–water partition coefficient (Wildman–Crippen LogP) is 4.49. The monoisotopic (exact) mass is 480 g/mol. The van der Waals surface area contributed by atoms with Gasteiger partial charge in [-0.25, -0.2) is 0 Å². The van der Waals surface area contributed by atoms with Gasteiger partial charge in [-0.3, -0.25) is 0 Å². The van der Waals surface area contributed by atoms with Crippen LogP contribution in [0.15, 0.2) is 0 Å². The Morgan fingerprint density at radius 2 is 0.923 bits per heavy atom. The molecule has 0 aromatic carbocycles. The summed E-state index contributed by atoms with van der Waals surface area (Å²) in [6.45, 7) is 17.4. The Labute approximate surface area is 163 Å². The van der Waals surface area contributed by atoms with Gasteiger partial charge in [-0.05, 0) is 0 Å². The van der Waals surface area contributed by atoms with E-state index in [-0.39, 0.29) is 4.44 Å². The second kappa shape index (κ2) is 8.93. The SMILES string of the molecule is CCC[CH2][Sn]([O]C(=O)C(C)(C)C)([O]C(=O)C(C)(C)C)[O]C(=O)C(C)(C)C. The van der Waals surface area contributed by atoms with Crippen LogP contribution in [0.2, 0.25) is 4.44 Å². The normalized spacial score (nSPS) is 13.2. The summed E-state index contributed by atoms with van der Waals surface area (Å²) in [4.78, 5) is 37.7. The summed E-state index contributed by atoms with van der Waals surface area (Å²) in [5.41, 5.74) is -2.38. The molecule has 6 nitrogen and oxygen atoms in total. The average molecular weight is 479 g/mol. The van der Waals surface area contributed by atoms with Gasteiger partial charge >= 0.3 is 164 Å². The number of carbonyl (C=O) groups is 3. The van der Waals surface area contributed by atoms with Crippen LogP contribution in [0.1, 0.15) is 82.1 Å². The van der Waals surface area contributed by atoms with E-state index in [4.69, 9.17) is 9.22 Å². The molecule has 0 atom stereocenters. The first kappa shape index (κ1) is 25.2. The zero-order chi connectivity index (χ0) is 21.0. The first-order valence-corrected chi connectivity index (χ1v) is 14.7. The van der Waals surface area contributed by atoms with Crippen LogP contribution in [-0.4, -0.2) is 37.5 Å². The van der Waals surface area contributed by atoms with E-state index in [2.05, 4.69) is 0 Å². The van der Waals surface area contributed by atoms with Crippen molar-refractivity contribution in [2.24, 2.45) is 16.2 Å². The fourth-order valence-electron chi connectivity index (χ4n) is 1.49. The minimum absolute atomic E-state index is 0.288. The van der Waals surface area contributed by atoms with Crippen molar-refractivity contribution in [1.29, 1.82) is 0 Å². The Morgan fingerprint density at radius 1 is 0.654 bits per heavy atom. The molecule has 0 bridgehead atoms. The van der Waals surface area contributed by atoms with Crippen LogP contribution in [0.3, 0.4) is 0 Å². The molecule has 0 aliphatic heterocycles. The maximum absolute atomic E-state index is 12.6. The fourth-order valence-corrected chi connectivity index (χ4v) is 10.0. The van der Waals surface area contributed by atoms with Crippen molar-refractivity contribution in [2.75, 3.05) is 0 Å². The Hall–Kier alpha value is -0.791. The molecule has 152 valence electrons. The van der Waals surface area contributed by atoms with E-state index in [0.29, 0.717) is 6.42 Å². The Kier molecular flexibility index (Phi) is 8.66. The molecule has 0 aromatic rings. The number of rotatable bonds is 6. The minimum atomic E-state index is -4.82. The van der Waals surface area contributed by atoms with Gasteiger partial charge in [-0.2, -0.15) is 0 Å². The molecule has 0 fully saturated rings. The quantitative estimate of drug-likeness (QED) is 0.523. The van der Waals surface area contributed by atoms with Crippen molar-refractivity contribution in [1.82, 2.24) is 0 Å². The van der Waals surface area contributed by atoms with Crippen molar-refractivity contribution < 1.29 is 23.6 Å². The molecule has 7 heteroatoms. The fraction of sp³-hybridized carbons (Fsp3) is 0.842. The molecular formula is C19H36O6Sn. The number of unbranched alkanes of at least 4 members (excludes halogenated alkanes) is 1. The molecular weight excluding hydrogens is 443 g/mol. The second-order valence-corrected chi connectivity index (χ2v) is 16.8. The molecule has 0 aromatic heterocycles. The van der Waals surface area contributed by atoms with E-state index >= 15 is 0 Å². The van der Waals surface area contributed by atoms with Gasteiger partial charge in [0.15, 0.2) is 0 Å². The van der Waals surface area contributed by atoms with Gasteiger partial charge in [0.05, 0.1) is 0 Å².